The minimum atomic E-state index is -4.84. The molecule has 0 aliphatic carbocycles. The highest BCUT2D eigenvalue weighted by molar-refractivity contribution is 7.81. The number of hydrogen-bond acceptors (Lipinski definition) is 5. The summed E-state index contributed by atoms with van der Waals surface area (Å²) in [5, 5.41) is 9.42. The van der Waals surface area contributed by atoms with Gasteiger partial charge in [0.2, 0.25) is 0 Å². The zero-order valence-corrected chi connectivity index (χ0v) is 16.4. The van der Waals surface area contributed by atoms with Crippen molar-refractivity contribution in [1.29, 1.82) is 0 Å². The van der Waals surface area contributed by atoms with E-state index >= 15 is 0 Å². The van der Waals surface area contributed by atoms with Crippen molar-refractivity contribution in [3.8, 4) is 0 Å². The van der Waals surface area contributed by atoms with Gasteiger partial charge in [-0.3, -0.25) is 4.55 Å². The van der Waals surface area contributed by atoms with Gasteiger partial charge in [-0.05, 0) is 6.42 Å². The summed E-state index contributed by atoms with van der Waals surface area (Å²) in [5.74, 6) is -1.32. The number of rotatable bonds is 17. The highest BCUT2D eigenvalue weighted by Gasteiger charge is 2.21. The number of aliphatic hydroxyl groups excluding tert-OH is 1. The van der Waals surface area contributed by atoms with Crippen LogP contribution in [0.4, 0.5) is 0 Å². The zero-order valence-electron chi connectivity index (χ0n) is 15.6. The normalized spacial score (nSPS) is 12.9. The van der Waals surface area contributed by atoms with Crippen molar-refractivity contribution in [2.75, 3.05) is 0 Å². The third kappa shape index (κ3) is 17.9. The van der Waals surface area contributed by atoms with Crippen LogP contribution in [0, 0.1) is 0 Å². The Kier molecular flexibility index (Phi) is 15.2. The number of hydrogen-bond donors (Lipinski definition) is 2. The molecule has 0 aromatic heterocycles. The maximum absolute atomic E-state index is 11.1. The summed E-state index contributed by atoms with van der Waals surface area (Å²) in [6.07, 6.45) is 15.5. The number of carbonyl (C=O) groups excluding carboxylic acids is 1. The van der Waals surface area contributed by atoms with Crippen LogP contribution in [0.1, 0.15) is 103 Å². The Bertz CT molecular complexity index is 421. The highest BCUT2D eigenvalue weighted by atomic mass is 32.3. The van der Waals surface area contributed by atoms with Gasteiger partial charge in [-0.25, -0.2) is 4.79 Å². The quantitative estimate of drug-likeness (QED) is 0.283. The molecule has 0 saturated carbocycles. The monoisotopic (exact) mass is 380 g/mol. The van der Waals surface area contributed by atoms with Crippen LogP contribution in [-0.2, 0) is 19.4 Å². The molecule has 0 heterocycles. The van der Waals surface area contributed by atoms with Crippen molar-refractivity contribution >= 4 is 16.4 Å². The molecule has 0 aliphatic rings. The van der Waals surface area contributed by atoms with Gasteiger partial charge in [0.05, 0.1) is 0 Å². The maximum atomic E-state index is 11.1. The maximum Gasteiger partial charge on any atom is 0.449 e. The third-order valence-corrected chi connectivity index (χ3v) is 4.67. The second-order valence-electron chi connectivity index (χ2n) is 6.73. The molecule has 0 fully saturated rings. The topological polar surface area (TPSA) is 101 Å². The molecule has 0 spiro atoms. The van der Waals surface area contributed by atoms with E-state index in [0.717, 1.165) is 19.3 Å². The molecule has 0 aromatic carbocycles. The predicted octanol–water partition coefficient (Wildman–Crippen LogP) is 4.56. The molecule has 1 atom stereocenters. The highest BCUT2D eigenvalue weighted by Crippen LogP contribution is 2.14. The summed E-state index contributed by atoms with van der Waals surface area (Å²) in [6, 6.07) is 0. The molecule has 0 amide bonds. The first-order valence-corrected chi connectivity index (χ1v) is 11.1. The Morgan fingerprint density at radius 3 is 1.52 bits per heavy atom. The third-order valence-electron chi connectivity index (χ3n) is 4.29. The van der Waals surface area contributed by atoms with E-state index in [1.807, 2.05) is 0 Å². The van der Waals surface area contributed by atoms with Gasteiger partial charge < -0.3 is 9.29 Å². The molecule has 1 unspecified atom stereocenters. The second kappa shape index (κ2) is 15.6. The number of unbranched alkanes of at least 4 members (excludes halogenated alkanes) is 13. The van der Waals surface area contributed by atoms with Gasteiger partial charge in [-0.2, -0.15) is 8.42 Å². The Morgan fingerprint density at radius 1 is 0.800 bits per heavy atom. The average molecular weight is 381 g/mol. The minimum Gasteiger partial charge on any atom is -0.381 e. The summed E-state index contributed by atoms with van der Waals surface area (Å²) in [4.78, 5) is 11.1. The van der Waals surface area contributed by atoms with Crippen molar-refractivity contribution < 1.29 is 27.1 Å². The average Bonchev–Trinajstić information content (AvgIpc) is 2.53. The van der Waals surface area contributed by atoms with Crippen LogP contribution in [-0.4, -0.2) is 30.2 Å². The lowest BCUT2D eigenvalue weighted by Gasteiger charge is -2.08. The van der Waals surface area contributed by atoms with Gasteiger partial charge in [0.25, 0.3) is 0 Å². The fourth-order valence-corrected chi connectivity index (χ4v) is 3.13. The van der Waals surface area contributed by atoms with E-state index in [1.54, 1.807) is 0 Å². The SMILES string of the molecule is CCCCCCCCCCCCCCCCC(O)C(=O)OS(=O)(=O)O. The van der Waals surface area contributed by atoms with Gasteiger partial charge in [-0.1, -0.05) is 96.8 Å². The number of aliphatic hydroxyl groups is 1. The number of carbonyl (C=O) groups is 1. The van der Waals surface area contributed by atoms with Crippen LogP contribution in [0.5, 0.6) is 0 Å². The minimum absolute atomic E-state index is 0.145. The molecule has 150 valence electrons. The first-order valence-electron chi connectivity index (χ1n) is 9.75. The first-order chi connectivity index (χ1) is 11.9. The lowest BCUT2D eigenvalue weighted by atomic mass is 10.0. The molecule has 6 nitrogen and oxygen atoms in total. The summed E-state index contributed by atoms with van der Waals surface area (Å²) in [5.41, 5.74) is 0. The second-order valence-corrected chi connectivity index (χ2v) is 7.75. The molecule has 0 bridgehead atoms. The molecule has 7 heteroatoms. The van der Waals surface area contributed by atoms with E-state index in [4.69, 9.17) is 4.55 Å². The van der Waals surface area contributed by atoms with Gasteiger partial charge in [0.15, 0.2) is 6.10 Å². The molecule has 0 aromatic rings. The van der Waals surface area contributed by atoms with Crippen LogP contribution < -0.4 is 0 Å². The molecular weight excluding hydrogens is 344 g/mol. The van der Waals surface area contributed by atoms with E-state index in [2.05, 4.69) is 11.1 Å². The summed E-state index contributed by atoms with van der Waals surface area (Å²) in [7, 11) is -4.84. The summed E-state index contributed by atoms with van der Waals surface area (Å²) in [6.45, 7) is 2.24. The van der Waals surface area contributed by atoms with Crippen molar-refractivity contribution in [3.63, 3.8) is 0 Å². The molecule has 2 N–H and O–H groups in total. The molecular formula is C18H36O6S. The fraction of sp³-hybridized carbons (Fsp3) is 0.944. The van der Waals surface area contributed by atoms with Crippen LogP contribution in [0.25, 0.3) is 0 Å². The van der Waals surface area contributed by atoms with Crippen molar-refractivity contribution in [2.45, 2.75) is 109 Å². The van der Waals surface area contributed by atoms with E-state index in [-0.39, 0.29) is 6.42 Å². The van der Waals surface area contributed by atoms with Crippen LogP contribution >= 0.6 is 0 Å². The Balaban J connectivity index is 3.32. The molecule has 25 heavy (non-hydrogen) atoms. The summed E-state index contributed by atoms with van der Waals surface area (Å²) >= 11 is 0. The van der Waals surface area contributed by atoms with Gasteiger partial charge in [0, 0.05) is 0 Å². The van der Waals surface area contributed by atoms with Crippen LogP contribution in [0.15, 0.2) is 0 Å². The fourth-order valence-electron chi connectivity index (χ4n) is 2.81. The van der Waals surface area contributed by atoms with Crippen molar-refractivity contribution in [3.05, 3.63) is 0 Å². The first kappa shape index (κ1) is 24.3. The van der Waals surface area contributed by atoms with Crippen molar-refractivity contribution in [1.82, 2.24) is 0 Å². The lowest BCUT2D eigenvalue weighted by Crippen LogP contribution is -2.25. The lowest BCUT2D eigenvalue weighted by molar-refractivity contribution is -0.144. The molecule has 0 radical (unpaired) electrons. The van der Waals surface area contributed by atoms with Gasteiger partial charge in [-0.15, -0.1) is 0 Å². The van der Waals surface area contributed by atoms with Gasteiger partial charge >= 0.3 is 16.4 Å². The van der Waals surface area contributed by atoms with Crippen LogP contribution in [0.2, 0.25) is 0 Å². The summed E-state index contributed by atoms with van der Waals surface area (Å²) < 4.78 is 32.8. The smallest absolute Gasteiger partial charge is 0.381 e. The molecule has 0 rings (SSSR count). The predicted molar refractivity (Wildman–Crippen MR) is 98.6 cm³/mol. The van der Waals surface area contributed by atoms with Gasteiger partial charge in [0.1, 0.15) is 0 Å². The Morgan fingerprint density at radius 2 is 1.16 bits per heavy atom. The van der Waals surface area contributed by atoms with E-state index in [9.17, 15) is 18.3 Å². The van der Waals surface area contributed by atoms with E-state index in [1.165, 1.54) is 64.2 Å². The Hall–Kier alpha value is -0.660. The van der Waals surface area contributed by atoms with E-state index in [0.29, 0.717) is 6.42 Å². The zero-order chi connectivity index (χ0) is 19.0. The molecule has 0 aliphatic heterocycles. The largest absolute Gasteiger partial charge is 0.449 e. The van der Waals surface area contributed by atoms with Crippen molar-refractivity contribution in [2.24, 2.45) is 0 Å². The van der Waals surface area contributed by atoms with Crippen LogP contribution in [0.3, 0.4) is 0 Å². The van der Waals surface area contributed by atoms with E-state index < -0.39 is 22.5 Å². The molecule has 0 saturated heterocycles. The standard InChI is InChI=1S/C18H36O6S/c1-2-3-4-5-6-7-8-9-10-11-12-13-14-15-16-17(19)18(20)24-25(21,22)23/h17,19H,2-16H2,1H3,(H,21,22,23). The Labute approximate surface area is 153 Å².